The van der Waals surface area contributed by atoms with E-state index in [1.54, 1.807) is 33.2 Å². The fraction of sp³-hybridized carbons (Fsp3) is 0.267. The lowest BCUT2D eigenvalue weighted by molar-refractivity contribution is -0.127. The lowest BCUT2D eigenvalue weighted by Gasteiger charge is -2.27. The molecule has 0 fully saturated rings. The second-order valence-corrected chi connectivity index (χ2v) is 11.1. The molecule has 0 saturated carbocycles. The Kier molecular flexibility index (Phi) is 6.50. The Balaban J connectivity index is 1.65. The van der Waals surface area contributed by atoms with E-state index >= 15 is 0 Å². The van der Waals surface area contributed by atoms with Gasteiger partial charge < -0.3 is 9.64 Å². The van der Waals surface area contributed by atoms with Crippen LogP contribution in [-0.2, 0) is 24.9 Å². The number of ether oxygens (including phenoxy) is 1. The third-order valence-corrected chi connectivity index (χ3v) is 8.05. The van der Waals surface area contributed by atoms with E-state index in [0.29, 0.717) is 31.1 Å². The van der Waals surface area contributed by atoms with Gasteiger partial charge in [0.05, 0.1) is 36.8 Å². The Bertz CT molecular complexity index is 1780. The van der Waals surface area contributed by atoms with Crippen LogP contribution in [0.15, 0.2) is 54.7 Å². The highest BCUT2D eigenvalue weighted by Crippen LogP contribution is 2.46. The van der Waals surface area contributed by atoms with Gasteiger partial charge in [-0.1, -0.05) is 6.58 Å². The molecule has 1 aliphatic rings. The molecule has 0 saturated heterocycles. The Hall–Kier alpha value is -4.31. The van der Waals surface area contributed by atoms with Gasteiger partial charge in [0.1, 0.15) is 23.0 Å². The first-order valence-corrected chi connectivity index (χ1v) is 14.0. The molecule has 10 heteroatoms. The van der Waals surface area contributed by atoms with E-state index < -0.39 is 0 Å². The number of pyridine rings is 1. The minimum atomic E-state index is -0.371. The number of hydrogen-bond donors (Lipinski definition) is 0. The zero-order valence-electron chi connectivity index (χ0n) is 22.8. The van der Waals surface area contributed by atoms with Gasteiger partial charge in [-0.15, -0.1) is 11.3 Å². The van der Waals surface area contributed by atoms with Crippen molar-refractivity contribution in [2.75, 3.05) is 6.54 Å². The second-order valence-electron chi connectivity index (χ2n) is 10.2. The number of fused-ring (bicyclic) bond motifs is 2. The van der Waals surface area contributed by atoms with Gasteiger partial charge in [0.2, 0.25) is 5.91 Å². The van der Waals surface area contributed by atoms with Gasteiger partial charge in [-0.3, -0.25) is 14.2 Å². The number of benzene rings is 1. The van der Waals surface area contributed by atoms with Crippen molar-refractivity contribution in [3.63, 3.8) is 0 Å². The Labute approximate surface area is 235 Å². The van der Waals surface area contributed by atoms with Crippen LogP contribution in [0.25, 0.3) is 43.9 Å². The molecular weight excluding hydrogens is 527 g/mol. The highest BCUT2D eigenvalue weighted by molar-refractivity contribution is 7.18. The molecule has 0 unspecified atom stereocenters. The third-order valence-electron chi connectivity index (χ3n) is 7.12. The van der Waals surface area contributed by atoms with Crippen molar-refractivity contribution in [3.05, 3.63) is 71.8 Å². The second kappa shape index (κ2) is 10.0. The van der Waals surface area contributed by atoms with Crippen LogP contribution >= 0.6 is 11.3 Å². The van der Waals surface area contributed by atoms with Crippen LogP contribution in [0.3, 0.4) is 0 Å². The summed E-state index contributed by atoms with van der Waals surface area (Å²) in [6.45, 7) is 11.1. The summed E-state index contributed by atoms with van der Waals surface area (Å²) < 4.78 is 25.3. The molecule has 5 heterocycles. The number of rotatable bonds is 6. The van der Waals surface area contributed by atoms with Gasteiger partial charge >= 0.3 is 0 Å². The van der Waals surface area contributed by atoms with Crippen LogP contribution in [0.4, 0.5) is 4.39 Å². The Morgan fingerprint density at radius 3 is 2.75 bits per heavy atom. The largest absolute Gasteiger partial charge is 0.490 e. The van der Waals surface area contributed by atoms with Gasteiger partial charge in [0.25, 0.3) is 0 Å². The molecule has 4 aromatic heterocycles. The molecule has 0 bridgehead atoms. The smallest absolute Gasteiger partial charge is 0.246 e. The van der Waals surface area contributed by atoms with Crippen molar-refractivity contribution >= 4 is 27.3 Å². The summed E-state index contributed by atoms with van der Waals surface area (Å²) in [5.74, 6) is -0.0249. The molecule has 8 nitrogen and oxygen atoms in total. The molecule has 0 atom stereocenters. The minimum Gasteiger partial charge on any atom is -0.490 e. The maximum absolute atomic E-state index is 14.5. The molecule has 6 rings (SSSR count). The van der Waals surface area contributed by atoms with Crippen molar-refractivity contribution in [1.82, 2.24) is 29.4 Å². The zero-order chi connectivity index (χ0) is 28.1. The first-order chi connectivity index (χ1) is 19.2. The summed E-state index contributed by atoms with van der Waals surface area (Å²) in [5, 5.41) is 12.4. The Morgan fingerprint density at radius 2 is 2.02 bits per heavy atom. The van der Waals surface area contributed by atoms with E-state index in [9.17, 15) is 9.18 Å². The molecule has 0 spiro atoms. The van der Waals surface area contributed by atoms with Crippen molar-refractivity contribution in [1.29, 1.82) is 0 Å². The van der Waals surface area contributed by atoms with Gasteiger partial charge in [0.15, 0.2) is 0 Å². The van der Waals surface area contributed by atoms with E-state index in [4.69, 9.17) is 14.8 Å². The fourth-order valence-electron chi connectivity index (χ4n) is 5.25. The molecular formula is C30H29FN6O2S. The van der Waals surface area contributed by atoms with Crippen LogP contribution in [0.1, 0.15) is 25.1 Å². The van der Waals surface area contributed by atoms with E-state index in [2.05, 4.69) is 17.7 Å². The third kappa shape index (κ3) is 4.38. The average Bonchev–Trinajstić information content (AvgIpc) is 3.66. The van der Waals surface area contributed by atoms with Crippen molar-refractivity contribution in [3.8, 4) is 39.5 Å². The summed E-state index contributed by atoms with van der Waals surface area (Å²) in [7, 11) is 1.88. The minimum absolute atomic E-state index is 0.104. The molecule has 1 aromatic carbocycles. The first-order valence-electron chi connectivity index (χ1n) is 13.1. The molecule has 0 N–H and O–H groups in total. The lowest BCUT2D eigenvalue weighted by Crippen LogP contribution is -2.37. The number of carbonyl (C=O) groups is 1. The van der Waals surface area contributed by atoms with E-state index in [1.165, 1.54) is 18.2 Å². The number of aryl methyl sites for hydroxylation is 1. The SMILES string of the molecule is C=CC(=O)N1CCn2nc(-c3nc(-c4cnn(C)c4)c4ccsc4c3-c3ccc(F)cc3OC(C)C)c(C)c2C1. The zero-order valence-corrected chi connectivity index (χ0v) is 23.6. The monoisotopic (exact) mass is 556 g/mol. The predicted octanol–water partition coefficient (Wildman–Crippen LogP) is 5.99. The van der Waals surface area contributed by atoms with Gasteiger partial charge in [0, 0.05) is 58.2 Å². The summed E-state index contributed by atoms with van der Waals surface area (Å²) in [5.41, 5.74) is 6.56. The topological polar surface area (TPSA) is 78.1 Å². The summed E-state index contributed by atoms with van der Waals surface area (Å²) in [4.78, 5) is 19.4. The highest BCUT2D eigenvalue weighted by atomic mass is 32.1. The van der Waals surface area contributed by atoms with Crippen LogP contribution < -0.4 is 4.74 Å². The van der Waals surface area contributed by atoms with E-state index in [0.717, 1.165) is 49.4 Å². The van der Waals surface area contributed by atoms with Gasteiger partial charge in [-0.25, -0.2) is 9.37 Å². The summed E-state index contributed by atoms with van der Waals surface area (Å²) >= 11 is 1.60. The van der Waals surface area contributed by atoms with Gasteiger partial charge in [-0.05, 0) is 50.4 Å². The molecule has 0 aliphatic carbocycles. The summed E-state index contributed by atoms with van der Waals surface area (Å²) in [6.07, 6.45) is 4.94. The molecule has 5 aromatic rings. The number of carbonyl (C=O) groups excluding carboxylic acids is 1. The number of amides is 1. The molecule has 0 radical (unpaired) electrons. The van der Waals surface area contributed by atoms with Crippen molar-refractivity contribution in [2.45, 2.75) is 40.0 Å². The highest BCUT2D eigenvalue weighted by Gasteiger charge is 2.29. The number of halogens is 1. The van der Waals surface area contributed by atoms with Crippen molar-refractivity contribution < 1.29 is 13.9 Å². The molecule has 1 amide bonds. The van der Waals surface area contributed by atoms with E-state index in [1.807, 2.05) is 44.1 Å². The molecule has 204 valence electrons. The Morgan fingerprint density at radius 1 is 1.20 bits per heavy atom. The predicted molar refractivity (Wildman–Crippen MR) is 155 cm³/mol. The maximum atomic E-state index is 14.5. The lowest BCUT2D eigenvalue weighted by atomic mass is 9.96. The quantitative estimate of drug-likeness (QED) is 0.240. The normalized spacial score (nSPS) is 13.2. The fourth-order valence-corrected chi connectivity index (χ4v) is 6.21. The van der Waals surface area contributed by atoms with E-state index in [-0.39, 0.29) is 17.8 Å². The van der Waals surface area contributed by atoms with Crippen LogP contribution in [0.5, 0.6) is 5.75 Å². The maximum Gasteiger partial charge on any atom is 0.246 e. The standard InChI is InChI=1S/C30H29FN6O2S/c1-6-25(38)36-10-11-37-23(16-36)18(4)27(34-37)29-26(21-8-7-20(31)13-24(21)39-17(2)3)30-22(9-12-40-30)28(33-29)19-14-32-35(5)15-19/h6-9,12-15,17H,1,10-11,16H2,2-5H3. The number of aromatic nitrogens is 5. The first kappa shape index (κ1) is 25.9. The van der Waals surface area contributed by atoms with Crippen molar-refractivity contribution in [2.24, 2.45) is 7.05 Å². The molecule has 40 heavy (non-hydrogen) atoms. The van der Waals surface area contributed by atoms with Gasteiger partial charge in [-0.2, -0.15) is 10.2 Å². The van der Waals surface area contributed by atoms with Crippen LogP contribution in [0.2, 0.25) is 0 Å². The molecule has 1 aliphatic heterocycles. The average molecular weight is 557 g/mol. The number of thiophene rings is 1. The number of nitrogens with zero attached hydrogens (tertiary/aromatic N) is 6. The number of hydrogen-bond acceptors (Lipinski definition) is 6. The van der Waals surface area contributed by atoms with Crippen LogP contribution in [-0.4, -0.2) is 48.0 Å². The summed E-state index contributed by atoms with van der Waals surface area (Å²) in [6, 6.07) is 6.69. The van der Waals surface area contributed by atoms with Crippen LogP contribution in [0, 0.1) is 12.7 Å².